The topological polar surface area (TPSA) is 113 Å². The molecule has 0 unspecified atom stereocenters. The van der Waals surface area contributed by atoms with Crippen LogP contribution in [-0.2, 0) is 6.42 Å². The van der Waals surface area contributed by atoms with E-state index in [4.69, 9.17) is 5.73 Å². The van der Waals surface area contributed by atoms with Gasteiger partial charge in [0.05, 0.1) is 11.6 Å². The second-order valence-electron chi connectivity index (χ2n) is 9.45. The summed E-state index contributed by atoms with van der Waals surface area (Å²) < 4.78 is 0. The molecule has 0 fully saturated rings. The Balaban J connectivity index is 1.59. The minimum atomic E-state index is -0.507. The van der Waals surface area contributed by atoms with Crippen molar-refractivity contribution >= 4 is 23.3 Å². The molecule has 0 saturated heterocycles. The largest absolute Gasteiger partial charge is 0.366 e. The number of carbonyl (C=O) groups excluding carboxylic acids is 3. The van der Waals surface area contributed by atoms with Gasteiger partial charge in [0.1, 0.15) is 0 Å². The van der Waals surface area contributed by atoms with Crippen molar-refractivity contribution in [1.29, 1.82) is 5.26 Å². The number of nitrogens with two attached hydrogens (primary N) is 1. The summed E-state index contributed by atoms with van der Waals surface area (Å²) in [7, 11) is 0. The molecule has 0 radical (unpaired) electrons. The number of primary amides is 1. The van der Waals surface area contributed by atoms with Crippen molar-refractivity contribution in [2.75, 3.05) is 5.32 Å². The number of nitriles is 1. The first kappa shape index (κ1) is 24.7. The molecule has 5 rings (SSSR count). The monoisotopic (exact) mass is 499 g/mol. The highest BCUT2D eigenvalue weighted by Crippen LogP contribution is 2.34. The number of hydrogen-bond acceptors (Lipinski definition) is 4. The van der Waals surface area contributed by atoms with Crippen LogP contribution in [-0.4, -0.2) is 17.6 Å². The lowest BCUT2D eigenvalue weighted by atomic mass is 9.89. The highest BCUT2D eigenvalue weighted by molar-refractivity contribution is 6.10. The maximum atomic E-state index is 13.7. The number of hydrogen-bond donors (Lipinski definition) is 2. The zero-order valence-electron chi connectivity index (χ0n) is 20.9. The summed E-state index contributed by atoms with van der Waals surface area (Å²) in [5.41, 5.74) is 13.1. The van der Waals surface area contributed by atoms with Crippen molar-refractivity contribution < 1.29 is 14.4 Å². The molecule has 1 aliphatic rings. The van der Waals surface area contributed by atoms with Crippen molar-refractivity contribution in [1.82, 2.24) is 0 Å². The molecule has 38 heavy (non-hydrogen) atoms. The molecular weight excluding hydrogens is 474 g/mol. The lowest BCUT2D eigenvalue weighted by Gasteiger charge is -2.18. The summed E-state index contributed by atoms with van der Waals surface area (Å²) in [5.74, 6) is -0.679. The van der Waals surface area contributed by atoms with Crippen molar-refractivity contribution in [2.24, 2.45) is 5.73 Å². The fourth-order valence-corrected chi connectivity index (χ4v) is 4.94. The number of benzene rings is 4. The lowest BCUT2D eigenvalue weighted by Crippen LogP contribution is -2.16. The van der Waals surface area contributed by atoms with Crippen LogP contribution in [0.5, 0.6) is 0 Å². The molecular formula is C32H25N3O3. The first-order valence-corrected chi connectivity index (χ1v) is 12.4. The van der Waals surface area contributed by atoms with Crippen LogP contribution in [0.15, 0.2) is 78.9 Å². The van der Waals surface area contributed by atoms with Gasteiger partial charge in [-0.15, -0.1) is 0 Å². The Labute approximate surface area is 220 Å². The SMILES string of the molecule is Cc1cc(-c2cccc(C#N)c2)c(C(=O)Nc2ccc3c(c2)CCCC3=O)cc1-c1ccc(C(N)=O)cc1. The van der Waals surface area contributed by atoms with Crippen molar-refractivity contribution in [3.05, 3.63) is 112 Å². The van der Waals surface area contributed by atoms with Crippen molar-refractivity contribution in [3.63, 3.8) is 0 Å². The Hall–Kier alpha value is -5.02. The Bertz CT molecular complexity index is 1650. The van der Waals surface area contributed by atoms with Gasteiger partial charge in [0.15, 0.2) is 5.78 Å². The number of nitrogens with zero attached hydrogens (tertiary/aromatic N) is 1. The molecule has 0 atom stereocenters. The third-order valence-corrected chi connectivity index (χ3v) is 6.91. The van der Waals surface area contributed by atoms with E-state index in [1.807, 2.05) is 31.2 Å². The van der Waals surface area contributed by atoms with E-state index < -0.39 is 5.91 Å². The molecule has 1 aliphatic carbocycles. The zero-order valence-corrected chi connectivity index (χ0v) is 20.9. The molecule has 6 heteroatoms. The predicted molar refractivity (Wildman–Crippen MR) is 147 cm³/mol. The molecule has 0 spiro atoms. The van der Waals surface area contributed by atoms with Crippen LogP contribution in [0.1, 0.15) is 60.6 Å². The van der Waals surface area contributed by atoms with E-state index in [1.165, 1.54) is 0 Å². The second-order valence-corrected chi connectivity index (χ2v) is 9.45. The minimum Gasteiger partial charge on any atom is -0.366 e. The van der Waals surface area contributed by atoms with E-state index in [2.05, 4.69) is 11.4 Å². The van der Waals surface area contributed by atoms with E-state index >= 15 is 0 Å². The van der Waals surface area contributed by atoms with Gasteiger partial charge in [-0.25, -0.2) is 0 Å². The number of amides is 2. The molecule has 0 bridgehead atoms. The van der Waals surface area contributed by atoms with Gasteiger partial charge in [0.2, 0.25) is 5.91 Å². The molecule has 4 aromatic rings. The summed E-state index contributed by atoms with van der Waals surface area (Å²) in [4.78, 5) is 37.5. The first-order valence-electron chi connectivity index (χ1n) is 12.4. The standard InChI is InChI=1S/C32H25N3O3/c1-19-14-28(23-5-2-4-20(15-23)18-33)29(17-27(19)21-8-10-22(11-9-21)31(34)37)32(38)35-25-12-13-26-24(16-25)6-3-7-30(26)36/h2,4-5,8-17H,3,6-7H2,1H3,(H2,34,37)(H,35,38). The van der Waals surface area contributed by atoms with Crippen molar-refractivity contribution in [3.8, 4) is 28.3 Å². The van der Waals surface area contributed by atoms with Gasteiger partial charge >= 0.3 is 0 Å². The third kappa shape index (κ3) is 4.82. The summed E-state index contributed by atoms with van der Waals surface area (Å²) in [6.07, 6.45) is 2.15. The summed E-state index contributed by atoms with van der Waals surface area (Å²) >= 11 is 0. The number of nitrogens with one attached hydrogen (secondary N) is 1. The van der Waals surface area contributed by atoms with Crippen LogP contribution in [0, 0.1) is 18.3 Å². The van der Waals surface area contributed by atoms with Crippen LogP contribution >= 0.6 is 0 Å². The maximum absolute atomic E-state index is 13.7. The number of rotatable bonds is 5. The number of fused-ring (bicyclic) bond motifs is 1. The summed E-state index contributed by atoms with van der Waals surface area (Å²) in [6.45, 7) is 1.96. The van der Waals surface area contributed by atoms with Gasteiger partial charge < -0.3 is 11.1 Å². The number of ketones is 1. The van der Waals surface area contributed by atoms with E-state index in [9.17, 15) is 19.6 Å². The van der Waals surface area contributed by atoms with Crippen LogP contribution in [0.4, 0.5) is 5.69 Å². The lowest BCUT2D eigenvalue weighted by molar-refractivity contribution is 0.0970. The number of carbonyl (C=O) groups is 3. The Kier molecular flexibility index (Phi) is 6.59. The smallest absolute Gasteiger partial charge is 0.256 e. The molecule has 6 nitrogen and oxygen atoms in total. The van der Waals surface area contributed by atoms with Gasteiger partial charge in [0, 0.05) is 28.8 Å². The predicted octanol–water partition coefficient (Wildman–Crippen LogP) is 6.07. The summed E-state index contributed by atoms with van der Waals surface area (Å²) in [5, 5.41) is 12.4. The summed E-state index contributed by atoms with van der Waals surface area (Å²) in [6, 6.07) is 25.4. The number of aryl methyl sites for hydroxylation is 2. The minimum absolute atomic E-state index is 0.134. The van der Waals surface area contributed by atoms with Crippen LogP contribution < -0.4 is 11.1 Å². The van der Waals surface area contributed by atoms with E-state index in [-0.39, 0.29) is 11.7 Å². The van der Waals surface area contributed by atoms with Crippen LogP contribution in [0.2, 0.25) is 0 Å². The highest BCUT2D eigenvalue weighted by Gasteiger charge is 2.20. The van der Waals surface area contributed by atoms with E-state index in [1.54, 1.807) is 54.6 Å². The van der Waals surface area contributed by atoms with Gasteiger partial charge in [-0.3, -0.25) is 14.4 Å². The van der Waals surface area contributed by atoms with E-state index in [0.29, 0.717) is 34.4 Å². The number of Topliss-reactive ketones (excluding diaryl/α,β-unsaturated/α-hetero) is 1. The average Bonchev–Trinajstić information content (AvgIpc) is 2.93. The fraction of sp³-hybridized carbons (Fsp3) is 0.125. The Morgan fingerprint density at radius 1 is 0.868 bits per heavy atom. The van der Waals surface area contributed by atoms with Gasteiger partial charge in [-0.1, -0.05) is 30.3 Å². The molecule has 4 aromatic carbocycles. The van der Waals surface area contributed by atoms with Crippen LogP contribution in [0.3, 0.4) is 0 Å². The van der Waals surface area contributed by atoms with Crippen LogP contribution in [0.25, 0.3) is 22.3 Å². The molecule has 0 heterocycles. The van der Waals surface area contributed by atoms with Gasteiger partial charge in [-0.2, -0.15) is 5.26 Å². The molecule has 186 valence electrons. The maximum Gasteiger partial charge on any atom is 0.256 e. The Morgan fingerprint density at radius 3 is 2.39 bits per heavy atom. The Morgan fingerprint density at radius 2 is 1.66 bits per heavy atom. The normalized spacial score (nSPS) is 12.4. The first-order chi connectivity index (χ1) is 18.3. The van der Waals surface area contributed by atoms with Gasteiger partial charge in [-0.05, 0) is 102 Å². The van der Waals surface area contributed by atoms with Crippen molar-refractivity contribution in [2.45, 2.75) is 26.2 Å². The molecule has 2 amide bonds. The third-order valence-electron chi connectivity index (χ3n) is 6.91. The zero-order chi connectivity index (χ0) is 26.8. The molecule has 0 aliphatic heterocycles. The van der Waals surface area contributed by atoms with E-state index in [0.717, 1.165) is 46.2 Å². The average molecular weight is 500 g/mol. The van der Waals surface area contributed by atoms with Gasteiger partial charge in [0.25, 0.3) is 5.91 Å². The fourth-order valence-electron chi connectivity index (χ4n) is 4.94. The molecule has 0 aromatic heterocycles. The number of anilines is 1. The molecule has 0 saturated carbocycles. The quantitative estimate of drug-likeness (QED) is 0.347. The second kappa shape index (κ2) is 10.2. The highest BCUT2D eigenvalue weighted by atomic mass is 16.2. The molecule has 3 N–H and O–H groups in total.